The molecule has 0 radical (unpaired) electrons. The summed E-state index contributed by atoms with van der Waals surface area (Å²) in [6, 6.07) is 4.08. The number of rotatable bonds is 5. The highest BCUT2D eigenvalue weighted by Gasteiger charge is 2.06. The third-order valence-corrected chi connectivity index (χ3v) is 3.84. The normalized spacial score (nSPS) is 10.4. The number of nitrogen functional groups attached to an aromatic ring is 1. The summed E-state index contributed by atoms with van der Waals surface area (Å²) < 4.78 is 0. The van der Waals surface area contributed by atoms with Crippen molar-refractivity contribution in [1.29, 1.82) is 0 Å². The zero-order valence-electron chi connectivity index (χ0n) is 9.18. The van der Waals surface area contributed by atoms with Crippen molar-refractivity contribution >= 4 is 33.7 Å². The zero-order valence-corrected chi connectivity index (χ0v) is 10.8. The Hall–Kier alpha value is -1.40. The van der Waals surface area contributed by atoms with E-state index in [-0.39, 0.29) is 5.91 Å². The summed E-state index contributed by atoms with van der Waals surface area (Å²) in [5.41, 5.74) is 6.23. The summed E-state index contributed by atoms with van der Waals surface area (Å²) in [5, 5.41) is 7.23. The molecule has 0 saturated carbocycles. The molecule has 0 aliphatic carbocycles. The molecular formula is C11H13N3OS2. The van der Waals surface area contributed by atoms with Gasteiger partial charge < -0.3 is 11.1 Å². The molecule has 0 unspecified atom stereocenters. The lowest BCUT2D eigenvalue weighted by Gasteiger charge is -2.02. The summed E-state index contributed by atoms with van der Waals surface area (Å²) in [4.78, 5) is 16.9. The average molecular weight is 267 g/mol. The molecule has 6 heteroatoms. The number of hydrogen-bond acceptors (Lipinski definition) is 5. The molecule has 4 nitrogen and oxygen atoms in total. The molecular weight excluding hydrogens is 254 g/mol. The molecule has 2 aromatic rings. The van der Waals surface area contributed by atoms with Crippen LogP contribution in [0.2, 0.25) is 0 Å². The summed E-state index contributed by atoms with van der Waals surface area (Å²) in [7, 11) is 0. The van der Waals surface area contributed by atoms with Crippen molar-refractivity contribution < 1.29 is 4.79 Å². The Kier molecular flexibility index (Phi) is 4.11. The lowest BCUT2D eigenvalue weighted by molar-refractivity contribution is -0.120. The van der Waals surface area contributed by atoms with Gasteiger partial charge in [0, 0.05) is 16.8 Å². The van der Waals surface area contributed by atoms with E-state index in [1.165, 1.54) is 16.2 Å². The molecule has 1 amide bonds. The van der Waals surface area contributed by atoms with Crippen molar-refractivity contribution in [2.75, 3.05) is 12.3 Å². The minimum atomic E-state index is -0.00754. The number of nitrogens with zero attached hydrogens (tertiary/aromatic N) is 1. The van der Waals surface area contributed by atoms with Gasteiger partial charge in [0.1, 0.15) is 0 Å². The van der Waals surface area contributed by atoms with E-state index < -0.39 is 0 Å². The van der Waals surface area contributed by atoms with Crippen LogP contribution < -0.4 is 11.1 Å². The molecule has 0 bridgehead atoms. The average Bonchev–Trinajstić information content (AvgIpc) is 2.90. The Bertz CT molecular complexity index is 479. The smallest absolute Gasteiger partial charge is 0.226 e. The summed E-state index contributed by atoms with van der Waals surface area (Å²) in [6.07, 6.45) is 1.18. The van der Waals surface area contributed by atoms with E-state index in [9.17, 15) is 4.79 Å². The topological polar surface area (TPSA) is 68.0 Å². The van der Waals surface area contributed by atoms with Gasteiger partial charge in [0.05, 0.1) is 12.1 Å². The largest absolute Gasteiger partial charge is 0.375 e. The number of amides is 1. The van der Waals surface area contributed by atoms with Crippen molar-refractivity contribution in [3.8, 4) is 0 Å². The lowest BCUT2D eigenvalue weighted by Crippen LogP contribution is -2.27. The maximum absolute atomic E-state index is 11.6. The number of thiophene rings is 1. The second-order valence-corrected chi connectivity index (χ2v) is 5.46. The van der Waals surface area contributed by atoms with Crippen LogP contribution in [0, 0.1) is 0 Å². The van der Waals surface area contributed by atoms with Gasteiger partial charge in [-0.1, -0.05) is 6.07 Å². The maximum Gasteiger partial charge on any atom is 0.226 e. The first-order valence-corrected chi connectivity index (χ1v) is 6.99. The molecule has 0 atom stereocenters. The van der Waals surface area contributed by atoms with E-state index in [2.05, 4.69) is 16.4 Å². The van der Waals surface area contributed by atoms with Crippen LogP contribution in [0.1, 0.15) is 10.6 Å². The molecule has 3 N–H and O–H groups in total. The van der Waals surface area contributed by atoms with E-state index >= 15 is 0 Å². The van der Waals surface area contributed by atoms with Crippen LogP contribution in [0.4, 0.5) is 5.13 Å². The van der Waals surface area contributed by atoms with Crippen LogP contribution in [-0.2, 0) is 17.6 Å². The quantitative estimate of drug-likeness (QED) is 0.866. The monoisotopic (exact) mass is 267 g/mol. The molecule has 0 saturated heterocycles. The third kappa shape index (κ3) is 3.83. The fraction of sp³-hybridized carbons (Fsp3) is 0.273. The number of carbonyl (C=O) groups is 1. The molecule has 0 aliphatic rings. The van der Waals surface area contributed by atoms with Gasteiger partial charge in [-0.3, -0.25) is 4.79 Å². The number of thiazole rings is 1. The summed E-state index contributed by atoms with van der Waals surface area (Å²) in [6.45, 7) is 0.666. The molecule has 0 aromatic carbocycles. The Morgan fingerprint density at radius 2 is 2.35 bits per heavy atom. The number of nitrogens with two attached hydrogens (primary N) is 1. The highest BCUT2D eigenvalue weighted by atomic mass is 32.1. The minimum Gasteiger partial charge on any atom is -0.375 e. The number of anilines is 1. The van der Waals surface area contributed by atoms with Gasteiger partial charge in [-0.25, -0.2) is 4.98 Å². The standard InChI is InChI=1S/C11H13N3OS2/c12-11-14-8(7-17-11)6-10(15)13-4-3-9-2-1-5-16-9/h1-2,5,7H,3-4,6H2,(H2,12,14)(H,13,15). The Morgan fingerprint density at radius 3 is 3.00 bits per heavy atom. The Labute approximate surface area is 107 Å². The molecule has 90 valence electrons. The second-order valence-electron chi connectivity index (χ2n) is 3.53. The van der Waals surface area contributed by atoms with E-state index in [0.717, 1.165) is 12.1 Å². The van der Waals surface area contributed by atoms with Crippen molar-refractivity contribution in [2.24, 2.45) is 0 Å². The van der Waals surface area contributed by atoms with Crippen molar-refractivity contribution in [2.45, 2.75) is 12.8 Å². The highest BCUT2D eigenvalue weighted by molar-refractivity contribution is 7.13. The van der Waals surface area contributed by atoms with Gasteiger partial charge in [-0.05, 0) is 17.9 Å². The Balaban J connectivity index is 1.71. The van der Waals surface area contributed by atoms with Gasteiger partial charge in [-0.15, -0.1) is 22.7 Å². The minimum absolute atomic E-state index is 0.00754. The van der Waals surface area contributed by atoms with E-state index in [0.29, 0.717) is 18.1 Å². The summed E-state index contributed by atoms with van der Waals surface area (Å²) in [5.74, 6) is -0.00754. The summed E-state index contributed by atoms with van der Waals surface area (Å²) >= 11 is 3.06. The maximum atomic E-state index is 11.6. The van der Waals surface area contributed by atoms with Crippen LogP contribution >= 0.6 is 22.7 Å². The van der Waals surface area contributed by atoms with Crippen LogP contribution in [0.25, 0.3) is 0 Å². The van der Waals surface area contributed by atoms with Crippen molar-refractivity contribution in [1.82, 2.24) is 10.3 Å². The first kappa shape index (κ1) is 12.1. The first-order chi connectivity index (χ1) is 8.24. The lowest BCUT2D eigenvalue weighted by atomic mass is 10.3. The van der Waals surface area contributed by atoms with Crippen LogP contribution in [0.5, 0.6) is 0 Å². The molecule has 0 aliphatic heterocycles. The van der Waals surface area contributed by atoms with Gasteiger partial charge in [0.25, 0.3) is 0 Å². The SMILES string of the molecule is Nc1nc(CC(=O)NCCc2cccs2)cs1. The number of hydrogen-bond donors (Lipinski definition) is 2. The predicted octanol–water partition coefficient (Wildman–Crippen LogP) is 1.69. The number of nitrogens with one attached hydrogen (secondary N) is 1. The van der Waals surface area contributed by atoms with E-state index in [1.807, 2.05) is 16.8 Å². The molecule has 2 rings (SSSR count). The molecule has 2 aromatic heterocycles. The van der Waals surface area contributed by atoms with Crippen LogP contribution in [0.3, 0.4) is 0 Å². The van der Waals surface area contributed by atoms with E-state index in [4.69, 9.17) is 5.73 Å². The fourth-order valence-corrected chi connectivity index (χ4v) is 2.68. The second kappa shape index (κ2) is 5.79. The molecule has 17 heavy (non-hydrogen) atoms. The van der Waals surface area contributed by atoms with Crippen LogP contribution in [-0.4, -0.2) is 17.4 Å². The Morgan fingerprint density at radius 1 is 1.47 bits per heavy atom. The highest BCUT2D eigenvalue weighted by Crippen LogP contribution is 2.11. The van der Waals surface area contributed by atoms with E-state index in [1.54, 1.807) is 11.3 Å². The van der Waals surface area contributed by atoms with Crippen molar-refractivity contribution in [3.63, 3.8) is 0 Å². The number of aromatic nitrogens is 1. The predicted molar refractivity (Wildman–Crippen MR) is 71.3 cm³/mol. The van der Waals surface area contributed by atoms with Crippen molar-refractivity contribution in [3.05, 3.63) is 33.5 Å². The van der Waals surface area contributed by atoms with Gasteiger partial charge in [-0.2, -0.15) is 0 Å². The first-order valence-electron chi connectivity index (χ1n) is 5.23. The van der Waals surface area contributed by atoms with Gasteiger partial charge in [0.15, 0.2) is 5.13 Å². The molecule has 0 fully saturated rings. The van der Waals surface area contributed by atoms with Gasteiger partial charge in [0.2, 0.25) is 5.91 Å². The third-order valence-electron chi connectivity index (χ3n) is 2.18. The zero-order chi connectivity index (χ0) is 12.1. The molecule has 2 heterocycles. The molecule has 0 spiro atoms. The van der Waals surface area contributed by atoms with Gasteiger partial charge >= 0.3 is 0 Å². The fourth-order valence-electron chi connectivity index (χ4n) is 1.41. The number of carbonyl (C=O) groups excluding carboxylic acids is 1. The van der Waals surface area contributed by atoms with Crippen LogP contribution in [0.15, 0.2) is 22.9 Å².